The van der Waals surface area contributed by atoms with Crippen molar-refractivity contribution in [3.63, 3.8) is 0 Å². The summed E-state index contributed by atoms with van der Waals surface area (Å²) >= 11 is 3.71. The molecule has 7 heteroatoms. The maximum Gasteiger partial charge on any atom is 0.258 e. The van der Waals surface area contributed by atoms with E-state index in [1.54, 1.807) is 11.3 Å². The van der Waals surface area contributed by atoms with Crippen molar-refractivity contribution in [3.05, 3.63) is 44.0 Å². The molecule has 2 aromatic rings. The molecule has 1 heterocycles. The third kappa shape index (κ3) is 3.74. The number of hydrogen-bond acceptors (Lipinski definition) is 4. The first-order chi connectivity index (χ1) is 9.63. The molecule has 112 valence electrons. The molecule has 1 aliphatic carbocycles. The molecule has 0 fully saturated rings. The Labute approximate surface area is 147 Å². The molecule has 0 unspecified atom stereocenters. The lowest BCUT2D eigenvalue weighted by Crippen LogP contribution is -2.27. The highest BCUT2D eigenvalue weighted by atomic mass is 127. The number of nitrogens with two attached hydrogens (primary N) is 1. The van der Waals surface area contributed by atoms with Crippen LogP contribution < -0.4 is 11.1 Å². The van der Waals surface area contributed by atoms with E-state index < -0.39 is 0 Å². The molecule has 0 spiro atoms. The molecule has 0 saturated carbocycles. The Morgan fingerprint density at radius 3 is 2.95 bits per heavy atom. The van der Waals surface area contributed by atoms with Crippen LogP contribution in [0.3, 0.4) is 0 Å². The van der Waals surface area contributed by atoms with E-state index in [2.05, 4.69) is 32.9 Å². The number of fused-ring (bicyclic) bond motifs is 1. The molecule has 1 aliphatic rings. The first-order valence-corrected chi connectivity index (χ1v) is 8.33. The number of nitrogens with one attached hydrogen (secondary N) is 1. The molecule has 0 radical (unpaired) electrons. The van der Waals surface area contributed by atoms with Crippen LogP contribution in [-0.4, -0.2) is 16.9 Å². The van der Waals surface area contributed by atoms with Crippen molar-refractivity contribution >= 4 is 57.4 Å². The second-order valence-corrected chi connectivity index (χ2v) is 7.07. The number of hydrogen-bond donors (Lipinski definition) is 2. The van der Waals surface area contributed by atoms with Crippen LogP contribution in [0.5, 0.6) is 0 Å². The number of thiazole rings is 1. The van der Waals surface area contributed by atoms with Gasteiger partial charge in [0.15, 0.2) is 5.13 Å². The minimum absolute atomic E-state index is 0. The highest BCUT2D eigenvalue weighted by Crippen LogP contribution is 2.29. The first kappa shape index (κ1) is 16.7. The maximum absolute atomic E-state index is 12.2. The van der Waals surface area contributed by atoms with Crippen molar-refractivity contribution in [1.82, 2.24) is 4.98 Å². The van der Waals surface area contributed by atoms with E-state index in [4.69, 9.17) is 5.73 Å². The Hall–Kier alpha value is -0.700. The standard InChI is InChI=1S/C14H14IN3OS.ClH/c15-10-4-2-1-3-9(10)13(19)18-14-17-11-6-5-8(16)7-12(11)20-14;/h1-4,8H,5-7,16H2,(H,17,18,19);1H/t8-;/m0./s1. The largest absolute Gasteiger partial charge is 0.327 e. The summed E-state index contributed by atoms with van der Waals surface area (Å²) in [5.74, 6) is -0.106. The number of nitrogens with zero attached hydrogens (tertiary/aromatic N) is 1. The molecule has 4 nitrogen and oxygen atoms in total. The van der Waals surface area contributed by atoms with Gasteiger partial charge in [0.2, 0.25) is 0 Å². The molecular formula is C14H15ClIN3OS. The normalized spacial score (nSPS) is 16.8. The number of aromatic nitrogens is 1. The van der Waals surface area contributed by atoms with Gasteiger partial charge in [-0.25, -0.2) is 4.98 Å². The molecular weight excluding hydrogens is 421 g/mol. The summed E-state index contributed by atoms with van der Waals surface area (Å²) in [6.07, 6.45) is 2.75. The predicted molar refractivity (Wildman–Crippen MR) is 96.5 cm³/mol. The van der Waals surface area contributed by atoms with Crippen LogP contribution in [0.4, 0.5) is 5.13 Å². The Bertz CT molecular complexity index is 661. The van der Waals surface area contributed by atoms with E-state index in [1.165, 1.54) is 4.88 Å². The number of carbonyl (C=O) groups is 1. The second kappa shape index (κ2) is 7.04. The van der Waals surface area contributed by atoms with Crippen molar-refractivity contribution < 1.29 is 4.79 Å². The molecule has 0 bridgehead atoms. The molecule has 3 N–H and O–H groups in total. The fourth-order valence-electron chi connectivity index (χ4n) is 2.26. The molecule has 1 aromatic heterocycles. The third-order valence-corrected chi connectivity index (χ3v) is 5.29. The first-order valence-electron chi connectivity index (χ1n) is 6.43. The average molecular weight is 436 g/mol. The number of carbonyl (C=O) groups excluding carboxylic acids is 1. The van der Waals surface area contributed by atoms with Crippen molar-refractivity contribution in [3.8, 4) is 0 Å². The fourth-order valence-corrected chi connectivity index (χ4v) is 3.99. The predicted octanol–water partition coefficient (Wildman–Crippen LogP) is 3.24. The van der Waals surface area contributed by atoms with E-state index in [1.807, 2.05) is 24.3 Å². The second-order valence-electron chi connectivity index (χ2n) is 4.83. The zero-order valence-electron chi connectivity index (χ0n) is 11.1. The van der Waals surface area contributed by atoms with Crippen molar-refractivity contribution in [2.24, 2.45) is 5.73 Å². The molecule has 0 saturated heterocycles. The summed E-state index contributed by atoms with van der Waals surface area (Å²) in [5, 5.41) is 3.57. The van der Waals surface area contributed by atoms with Crippen LogP contribution in [0.2, 0.25) is 0 Å². The summed E-state index contributed by atoms with van der Waals surface area (Å²) in [7, 11) is 0. The van der Waals surface area contributed by atoms with Gasteiger partial charge in [0.25, 0.3) is 5.91 Å². The van der Waals surface area contributed by atoms with Crippen LogP contribution in [0, 0.1) is 3.57 Å². The van der Waals surface area contributed by atoms with Crippen LogP contribution in [-0.2, 0) is 12.8 Å². The number of anilines is 1. The van der Waals surface area contributed by atoms with Gasteiger partial charge in [-0.1, -0.05) is 12.1 Å². The molecule has 1 atom stereocenters. The molecule has 1 aromatic carbocycles. The van der Waals surface area contributed by atoms with E-state index in [-0.39, 0.29) is 24.4 Å². The number of benzene rings is 1. The van der Waals surface area contributed by atoms with Gasteiger partial charge in [0.1, 0.15) is 0 Å². The number of halogens is 2. The fraction of sp³-hybridized carbons (Fsp3) is 0.286. The van der Waals surface area contributed by atoms with Gasteiger partial charge < -0.3 is 5.73 Å². The monoisotopic (exact) mass is 435 g/mol. The lowest BCUT2D eigenvalue weighted by Gasteiger charge is -2.15. The topological polar surface area (TPSA) is 68.0 Å². The van der Waals surface area contributed by atoms with E-state index in [0.717, 1.165) is 28.5 Å². The smallest absolute Gasteiger partial charge is 0.258 e. The highest BCUT2D eigenvalue weighted by Gasteiger charge is 2.21. The van der Waals surface area contributed by atoms with Crippen LogP contribution in [0.1, 0.15) is 27.3 Å². The van der Waals surface area contributed by atoms with Gasteiger partial charge in [-0.3, -0.25) is 10.1 Å². The zero-order valence-corrected chi connectivity index (χ0v) is 14.9. The highest BCUT2D eigenvalue weighted by molar-refractivity contribution is 14.1. The van der Waals surface area contributed by atoms with Crippen LogP contribution >= 0.6 is 46.3 Å². The zero-order chi connectivity index (χ0) is 14.1. The molecule has 1 amide bonds. The minimum atomic E-state index is -0.106. The Balaban J connectivity index is 0.00000161. The van der Waals surface area contributed by atoms with Gasteiger partial charge in [0.05, 0.1) is 11.3 Å². The van der Waals surface area contributed by atoms with Gasteiger partial charge in [-0.2, -0.15) is 0 Å². The van der Waals surface area contributed by atoms with Gasteiger partial charge in [0, 0.05) is 14.5 Å². The Morgan fingerprint density at radius 2 is 2.19 bits per heavy atom. The van der Waals surface area contributed by atoms with E-state index >= 15 is 0 Å². The number of rotatable bonds is 2. The van der Waals surface area contributed by atoms with Crippen molar-refractivity contribution in [2.45, 2.75) is 25.3 Å². The maximum atomic E-state index is 12.2. The summed E-state index contributed by atoms with van der Waals surface area (Å²) in [6, 6.07) is 7.74. The lowest BCUT2D eigenvalue weighted by molar-refractivity contribution is 0.102. The lowest BCUT2D eigenvalue weighted by atomic mass is 9.99. The summed E-state index contributed by atoms with van der Waals surface area (Å²) in [6.45, 7) is 0. The van der Waals surface area contributed by atoms with Crippen molar-refractivity contribution in [1.29, 1.82) is 0 Å². The number of amides is 1. The van der Waals surface area contributed by atoms with Gasteiger partial charge in [-0.15, -0.1) is 23.7 Å². The summed E-state index contributed by atoms with van der Waals surface area (Å²) in [4.78, 5) is 18.0. The van der Waals surface area contributed by atoms with Crippen molar-refractivity contribution in [2.75, 3.05) is 5.32 Å². The molecule has 0 aliphatic heterocycles. The Morgan fingerprint density at radius 1 is 1.43 bits per heavy atom. The Kier molecular flexibility index (Phi) is 5.59. The molecule has 21 heavy (non-hydrogen) atoms. The van der Waals surface area contributed by atoms with E-state index in [0.29, 0.717) is 10.7 Å². The quantitative estimate of drug-likeness (QED) is 0.712. The third-order valence-electron chi connectivity index (χ3n) is 3.32. The number of aryl methyl sites for hydroxylation is 1. The van der Waals surface area contributed by atoms with Crippen LogP contribution in [0.25, 0.3) is 0 Å². The van der Waals surface area contributed by atoms with E-state index in [9.17, 15) is 4.79 Å². The molecule has 3 rings (SSSR count). The van der Waals surface area contributed by atoms with Gasteiger partial charge in [-0.05, 0) is 54.0 Å². The summed E-state index contributed by atoms with van der Waals surface area (Å²) < 4.78 is 0.936. The van der Waals surface area contributed by atoms with Crippen LogP contribution in [0.15, 0.2) is 24.3 Å². The minimum Gasteiger partial charge on any atom is -0.327 e. The van der Waals surface area contributed by atoms with Gasteiger partial charge >= 0.3 is 0 Å². The SMILES string of the molecule is Cl.N[C@H]1CCc2nc(NC(=O)c3ccccc3I)sc2C1. The summed E-state index contributed by atoms with van der Waals surface area (Å²) in [5.41, 5.74) is 7.73. The average Bonchev–Trinajstić information content (AvgIpc) is 2.80.